The minimum Gasteiger partial charge on any atom is -0.481 e. The molecule has 1 unspecified atom stereocenters. The van der Waals surface area contributed by atoms with Crippen LogP contribution in [-0.4, -0.2) is 35.8 Å². The second kappa shape index (κ2) is 7.94. The number of pyridine rings is 1. The number of aliphatic carboxylic acids is 1. The van der Waals surface area contributed by atoms with Gasteiger partial charge < -0.3 is 5.11 Å². The number of aromatic nitrogens is 5. The lowest BCUT2D eigenvalue weighted by atomic mass is 9.99. The Bertz CT molecular complexity index is 1350. The van der Waals surface area contributed by atoms with E-state index in [2.05, 4.69) is 15.1 Å². The van der Waals surface area contributed by atoms with Crippen molar-refractivity contribution in [3.05, 3.63) is 70.4 Å². The van der Waals surface area contributed by atoms with E-state index >= 15 is 0 Å². The van der Waals surface area contributed by atoms with Gasteiger partial charge in [0.2, 0.25) is 0 Å². The fraction of sp³-hybridized carbons (Fsp3) is 0.261. The molecule has 0 amide bonds. The summed E-state index contributed by atoms with van der Waals surface area (Å²) in [6.45, 7) is 1.78. The molecular weight excluding hydrogens is 433 g/mol. The van der Waals surface area contributed by atoms with Crippen molar-refractivity contribution in [2.45, 2.75) is 38.1 Å². The lowest BCUT2D eigenvalue weighted by Gasteiger charge is -2.14. The quantitative estimate of drug-likeness (QED) is 0.423. The van der Waals surface area contributed by atoms with Gasteiger partial charge in [-0.2, -0.15) is 5.10 Å². The third-order valence-electron chi connectivity index (χ3n) is 5.69. The fourth-order valence-electron chi connectivity index (χ4n) is 3.83. The summed E-state index contributed by atoms with van der Waals surface area (Å²) in [5.41, 5.74) is 2.65. The average Bonchev–Trinajstić information content (AvgIpc) is 3.56. The molecule has 9 heteroatoms. The predicted octanol–water partition coefficient (Wildman–Crippen LogP) is 4.79. The molecule has 1 fully saturated rings. The summed E-state index contributed by atoms with van der Waals surface area (Å²) in [4.78, 5) is 25.2. The molecule has 3 heterocycles. The molecule has 1 saturated carbocycles. The molecule has 1 aromatic carbocycles. The minimum absolute atomic E-state index is 0.118. The van der Waals surface area contributed by atoms with Crippen LogP contribution in [0.5, 0.6) is 0 Å². The first-order valence-corrected chi connectivity index (χ1v) is 10.7. The first-order valence-electron chi connectivity index (χ1n) is 10.3. The fourth-order valence-corrected chi connectivity index (χ4v) is 4.17. The van der Waals surface area contributed by atoms with E-state index in [1.807, 2.05) is 6.07 Å². The first kappa shape index (κ1) is 20.5. The number of nitrogens with zero attached hydrogens (tertiary/aromatic N) is 5. The van der Waals surface area contributed by atoms with Gasteiger partial charge in [-0.05, 0) is 38.0 Å². The van der Waals surface area contributed by atoms with Gasteiger partial charge in [-0.25, -0.2) is 24.0 Å². The molecule has 5 rings (SSSR count). The van der Waals surface area contributed by atoms with Crippen molar-refractivity contribution in [1.82, 2.24) is 24.7 Å². The van der Waals surface area contributed by atoms with E-state index in [1.54, 1.807) is 42.1 Å². The molecular formula is C23H19ClFN5O2. The number of carbonyl (C=O) groups is 1. The van der Waals surface area contributed by atoms with E-state index in [0.29, 0.717) is 39.4 Å². The van der Waals surface area contributed by atoms with Crippen molar-refractivity contribution in [2.75, 3.05) is 0 Å². The van der Waals surface area contributed by atoms with Gasteiger partial charge in [0, 0.05) is 23.2 Å². The van der Waals surface area contributed by atoms with Gasteiger partial charge in [-0.1, -0.05) is 29.8 Å². The molecule has 0 spiro atoms. The minimum atomic E-state index is -0.978. The topological polar surface area (TPSA) is 93.8 Å². The Kier molecular flexibility index (Phi) is 5.09. The van der Waals surface area contributed by atoms with Crippen molar-refractivity contribution in [1.29, 1.82) is 0 Å². The van der Waals surface area contributed by atoms with Gasteiger partial charge >= 0.3 is 5.97 Å². The van der Waals surface area contributed by atoms with E-state index in [0.717, 1.165) is 12.8 Å². The molecule has 1 atom stereocenters. The van der Waals surface area contributed by atoms with Crippen LogP contribution in [-0.2, 0) is 11.3 Å². The number of fused-ring (bicyclic) bond motifs is 1. The zero-order valence-electron chi connectivity index (χ0n) is 17.2. The van der Waals surface area contributed by atoms with Crippen molar-refractivity contribution < 1.29 is 14.3 Å². The summed E-state index contributed by atoms with van der Waals surface area (Å²) in [5.74, 6) is -1.64. The summed E-state index contributed by atoms with van der Waals surface area (Å²) >= 11 is 6.49. The smallest absolute Gasteiger partial charge is 0.310 e. The third kappa shape index (κ3) is 3.60. The lowest BCUT2D eigenvalue weighted by molar-refractivity contribution is -0.138. The molecule has 0 aliphatic heterocycles. The van der Waals surface area contributed by atoms with Crippen molar-refractivity contribution >= 4 is 28.6 Å². The van der Waals surface area contributed by atoms with Crippen LogP contribution in [0.3, 0.4) is 0 Å². The highest BCUT2D eigenvalue weighted by atomic mass is 35.5. The van der Waals surface area contributed by atoms with Crippen LogP contribution in [0.4, 0.5) is 4.39 Å². The van der Waals surface area contributed by atoms with Crippen LogP contribution >= 0.6 is 11.6 Å². The zero-order valence-corrected chi connectivity index (χ0v) is 17.9. The Morgan fingerprint density at radius 1 is 1.25 bits per heavy atom. The maximum Gasteiger partial charge on any atom is 0.310 e. The molecule has 0 saturated heterocycles. The molecule has 32 heavy (non-hydrogen) atoms. The van der Waals surface area contributed by atoms with Gasteiger partial charge in [-0.3, -0.25) is 4.79 Å². The molecule has 4 aromatic rings. The Morgan fingerprint density at radius 2 is 2.03 bits per heavy atom. The molecule has 1 N–H and O–H groups in total. The monoisotopic (exact) mass is 451 g/mol. The lowest BCUT2D eigenvalue weighted by Crippen LogP contribution is -2.13. The Morgan fingerprint density at radius 3 is 2.75 bits per heavy atom. The Balaban J connectivity index is 1.66. The Labute approximate surface area is 187 Å². The van der Waals surface area contributed by atoms with Crippen LogP contribution in [0, 0.1) is 5.82 Å². The molecule has 0 bridgehead atoms. The highest BCUT2D eigenvalue weighted by Gasteiger charge is 2.34. The average molecular weight is 452 g/mol. The highest BCUT2D eigenvalue weighted by Crippen LogP contribution is 2.44. The second-order valence-corrected chi connectivity index (χ2v) is 8.30. The predicted molar refractivity (Wildman–Crippen MR) is 117 cm³/mol. The van der Waals surface area contributed by atoms with Gasteiger partial charge in [0.25, 0.3) is 0 Å². The molecule has 7 nitrogen and oxygen atoms in total. The van der Waals surface area contributed by atoms with Crippen LogP contribution in [0.1, 0.15) is 48.4 Å². The van der Waals surface area contributed by atoms with Crippen molar-refractivity contribution in [3.8, 4) is 11.5 Å². The number of benzene rings is 1. The van der Waals surface area contributed by atoms with E-state index < -0.39 is 11.9 Å². The standard InChI is InChI=1S/C23H19ClFN5O2/c1-12(23(31)32)17-18(13-8-9-13)27-21(28-20(17)24)19-15-6-4-10-26-22(15)30(29-19)11-14-5-2-3-7-16(14)25/h2-7,10,12-13H,8-9,11H2,1H3,(H,31,32). The zero-order chi connectivity index (χ0) is 22.4. The maximum absolute atomic E-state index is 14.2. The van der Waals surface area contributed by atoms with Crippen molar-refractivity contribution in [3.63, 3.8) is 0 Å². The number of carboxylic acids is 1. The molecule has 1 aliphatic carbocycles. The van der Waals surface area contributed by atoms with E-state index in [-0.39, 0.29) is 23.4 Å². The number of halogens is 2. The van der Waals surface area contributed by atoms with Gasteiger partial charge in [0.05, 0.1) is 23.5 Å². The molecule has 3 aromatic heterocycles. The van der Waals surface area contributed by atoms with E-state index in [4.69, 9.17) is 16.6 Å². The normalized spacial score (nSPS) is 14.6. The summed E-state index contributed by atoms with van der Waals surface area (Å²) in [7, 11) is 0. The molecule has 162 valence electrons. The third-order valence-corrected chi connectivity index (χ3v) is 5.98. The van der Waals surface area contributed by atoms with Crippen molar-refractivity contribution in [2.24, 2.45) is 0 Å². The number of carboxylic acid groups (broad SMARTS) is 1. The van der Waals surface area contributed by atoms with Gasteiger partial charge in [-0.15, -0.1) is 0 Å². The highest BCUT2D eigenvalue weighted by molar-refractivity contribution is 6.30. The molecule has 1 aliphatic rings. The van der Waals surface area contributed by atoms with Crippen LogP contribution < -0.4 is 0 Å². The second-order valence-electron chi connectivity index (χ2n) is 7.94. The van der Waals surface area contributed by atoms with E-state index in [9.17, 15) is 14.3 Å². The van der Waals surface area contributed by atoms with E-state index in [1.165, 1.54) is 6.07 Å². The summed E-state index contributed by atoms with van der Waals surface area (Å²) in [5, 5.41) is 15.0. The first-order chi connectivity index (χ1) is 15.4. The molecule has 0 radical (unpaired) electrons. The Hall–Kier alpha value is -3.39. The summed E-state index contributed by atoms with van der Waals surface area (Å²) < 4.78 is 15.9. The summed E-state index contributed by atoms with van der Waals surface area (Å²) in [6, 6.07) is 10.1. The van der Waals surface area contributed by atoms with Gasteiger partial charge in [0.15, 0.2) is 11.5 Å². The largest absolute Gasteiger partial charge is 0.481 e. The number of hydrogen-bond acceptors (Lipinski definition) is 5. The van der Waals surface area contributed by atoms with Crippen LogP contribution in [0.15, 0.2) is 42.6 Å². The SMILES string of the molecule is CC(C(=O)O)c1c(Cl)nc(-c2nn(Cc3ccccc3F)c3ncccc23)nc1C1CC1. The van der Waals surface area contributed by atoms with Crippen LogP contribution in [0.2, 0.25) is 5.15 Å². The summed E-state index contributed by atoms with van der Waals surface area (Å²) in [6.07, 6.45) is 3.50. The van der Waals surface area contributed by atoms with Crippen LogP contribution in [0.25, 0.3) is 22.6 Å². The maximum atomic E-state index is 14.2. The number of rotatable bonds is 6. The van der Waals surface area contributed by atoms with Gasteiger partial charge in [0.1, 0.15) is 16.7 Å². The number of hydrogen-bond donors (Lipinski definition) is 1.